The monoisotopic (exact) mass is 532 g/mol. The fourth-order valence-electron chi connectivity index (χ4n) is 3.71. The van der Waals surface area contributed by atoms with Crippen LogP contribution in [0, 0.1) is 10.1 Å². The molecule has 0 saturated heterocycles. The SMILES string of the molecule is O=C(Nc1sc2c3ccccc3c(Br)c[n+]2c1C(=O)c1ccc([N+](=O)[O-])cc1)c1ccccc1. The number of anilines is 1. The van der Waals surface area contributed by atoms with E-state index >= 15 is 0 Å². The molecular weight excluding hydrogens is 518 g/mol. The Bertz CT molecular complexity index is 1600. The fraction of sp³-hybridized carbons (Fsp3) is 0. The molecule has 0 fully saturated rings. The van der Waals surface area contributed by atoms with Crippen LogP contribution in [0.25, 0.3) is 15.6 Å². The van der Waals surface area contributed by atoms with Crippen LogP contribution in [-0.4, -0.2) is 16.6 Å². The van der Waals surface area contributed by atoms with Gasteiger partial charge in [-0.3, -0.25) is 19.7 Å². The minimum atomic E-state index is -0.516. The number of amides is 1. The second-order valence-electron chi connectivity index (χ2n) is 7.43. The van der Waals surface area contributed by atoms with Crippen LogP contribution in [0.1, 0.15) is 26.4 Å². The van der Waals surface area contributed by atoms with Crippen molar-refractivity contribution in [1.29, 1.82) is 0 Å². The summed E-state index contributed by atoms with van der Waals surface area (Å²) in [6.07, 6.45) is 1.80. The molecular formula is C25H15BrN3O4S+. The Morgan fingerprint density at radius 2 is 1.53 bits per heavy atom. The highest BCUT2D eigenvalue weighted by Crippen LogP contribution is 2.34. The first-order valence-corrected chi connectivity index (χ1v) is 11.8. The number of thiazole rings is 1. The van der Waals surface area contributed by atoms with E-state index in [0.717, 1.165) is 20.1 Å². The number of pyridine rings is 1. The van der Waals surface area contributed by atoms with Crippen LogP contribution in [0.3, 0.4) is 0 Å². The molecule has 0 spiro atoms. The maximum absolute atomic E-state index is 13.6. The number of rotatable bonds is 5. The number of nitro benzene ring substituents is 1. The molecule has 7 nitrogen and oxygen atoms in total. The number of non-ortho nitro benzene ring substituents is 1. The third-order valence-corrected chi connectivity index (χ3v) is 7.09. The zero-order valence-electron chi connectivity index (χ0n) is 17.4. The molecule has 2 heterocycles. The number of halogens is 1. The molecule has 1 N–H and O–H groups in total. The molecule has 34 heavy (non-hydrogen) atoms. The summed E-state index contributed by atoms with van der Waals surface area (Å²) >= 11 is 4.89. The normalized spacial score (nSPS) is 11.0. The molecule has 0 radical (unpaired) electrons. The van der Waals surface area contributed by atoms with Crippen molar-refractivity contribution < 1.29 is 18.9 Å². The summed E-state index contributed by atoms with van der Waals surface area (Å²) in [5, 5.41) is 16.2. The summed E-state index contributed by atoms with van der Waals surface area (Å²) in [6.45, 7) is 0. The number of nitrogens with zero attached hydrogens (tertiary/aromatic N) is 2. The van der Waals surface area contributed by atoms with Crippen LogP contribution < -0.4 is 9.72 Å². The van der Waals surface area contributed by atoms with Crippen LogP contribution in [0.5, 0.6) is 0 Å². The van der Waals surface area contributed by atoms with Crippen molar-refractivity contribution in [2.45, 2.75) is 0 Å². The molecule has 166 valence electrons. The number of carbonyl (C=O) groups excluding carboxylic acids is 2. The number of nitro groups is 1. The van der Waals surface area contributed by atoms with Gasteiger partial charge in [-0.05, 0) is 57.6 Å². The minimum absolute atomic E-state index is 0.106. The lowest BCUT2D eigenvalue weighted by molar-refractivity contribution is -0.508. The smallest absolute Gasteiger partial charge is 0.294 e. The number of carbonyl (C=O) groups is 2. The standard InChI is InChI=1S/C25H14BrN3O4S/c26-20-14-28-21(22(30)15-10-12-17(13-11-15)29(32)33)24(27-23(31)16-6-2-1-3-7-16)34-25(28)19-9-5-4-8-18(19)20/h1-14H/p+1. The van der Waals surface area contributed by atoms with Gasteiger partial charge in [-0.1, -0.05) is 36.4 Å². The predicted octanol–water partition coefficient (Wildman–Crippen LogP) is 5.79. The molecule has 0 aliphatic carbocycles. The largest absolute Gasteiger partial charge is 0.308 e. The number of hydrogen-bond acceptors (Lipinski definition) is 5. The molecule has 0 bridgehead atoms. The van der Waals surface area contributed by atoms with E-state index in [2.05, 4.69) is 21.2 Å². The first-order valence-electron chi connectivity index (χ1n) is 10.1. The van der Waals surface area contributed by atoms with Crippen molar-refractivity contribution in [3.8, 4) is 0 Å². The number of hydrogen-bond donors (Lipinski definition) is 1. The summed E-state index contributed by atoms with van der Waals surface area (Å²) in [5.41, 5.74) is 0.900. The molecule has 2 aromatic heterocycles. The van der Waals surface area contributed by atoms with Gasteiger partial charge in [0.1, 0.15) is 0 Å². The van der Waals surface area contributed by atoms with Gasteiger partial charge >= 0.3 is 0 Å². The molecule has 5 rings (SSSR count). The van der Waals surface area contributed by atoms with Crippen LogP contribution in [0.4, 0.5) is 10.7 Å². The predicted molar refractivity (Wildman–Crippen MR) is 134 cm³/mol. The lowest BCUT2D eigenvalue weighted by atomic mass is 10.1. The van der Waals surface area contributed by atoms with E-state index in [1.165, 1.54) is 35.6 Å². The number of aromatic nitrogens is 1. The van der Waals surface area contributed by atoms with E-state index in [-0.39, 0.29) is 28.6 Å². The van der Waals surface area contributed by atoms with Gasteiger partial charge in [-0.15, -0.1) is 4.40 Å². The Morgan fingerprint density at radius 1 is 0.882 bits per heavy atom. The number of ketones is 1. The minimum Gasteiger partial charge on any atom is -0.308 e. The molecule has 9 heteroatoms. The van der Waals surface area contributed by atoms with Crippen molar-refractivity contribution in [2.24, 2.45) is 0 Å². The maximum atomic E-state index is 13.6. The Kier molecular flexibility index (Phi) is 5.64. The van der Waals surface area contributed by atoms with Crippen molar-refractivity contribution in [1.82, 2.24) is 0 Å². The van der Waals surface area contributed by atoms with Crippen molar-refractivity contribution in [2.75, 3.05) is 5.32 Å². The zero-order chi connectivity index (χ0) is 23.8. The second kappa shape index (κ2) is 8.77. The molecule has 0 aliphatic heterocycles. The van der Waals surface area contributed by atoms with E-state index in [1.807, 2.05) is 30.3 Å². The zero-order valence-corrected chi connectivity index (χ0v) is 19.8. The first kappa shape index (κ1) is 21.9. The highest BCUT2D eigenvalue weighted by Gasteiger charge is 2.32. The molecule has 0 unspecified atom stereocenters. The third-order valence-electron chi connectivity index (χ3n) is 5.35. The van der Waals surface area contributed by atoms with Crippen molar-refractivity contribution in [3.63, 3.8) is 0 Å². The molecule has 3 aromatic carbocycles. The molecule has 1 amide bonds. The van der Waals surface area contributed by atoms with Gasteiger partial charge in [-0.2, -0.15) is 0 Å². The quantitative estimate of drug-likeness (QED) is 0.134. The highest BCUT2D eigenvalue weighted by atomic mass is 79.9. The van der Waals surface area contributed by atoms with Gasteiger partial charge in [0.15, 0.2) is 11.2 Å². The van der Waals surface area contributed by atoms with Crippen molar-refractivity contribution in [3.05, 3.63) is 116 Å². The van der Waals surface area contributed by atoms with E-state index in [1.54, 1.807) is 34.9 Å². The average molecular weight is 533 g/mol. The summed E-state index contributed by atoms with van der Waals surface area (Å²) < 4.78 is 2.54. The van der Waals surface area contributed by atoms with Crippen LogP contribution in [-0.2, 0) is 0 Å². The number of fused-ring (bicyclic) bond motifs is 3. The van der Waals surface area contributed by atoms with Crippen LogP contribution >= 0.6 is 27.3 Å². The molecule has 0 aliphatic rings. The van der Waals surface area contributed by atoms with E-state index in [4.69, 9.17) is 0 Å². The number of nitrogens with one attached hydrogen (secondary N) is 1. The molecule has 0 saturated carbocycles. The Morgan fingerprint density at radius 3 is 2.21 bits per heavy atom. The van der Waals surface area contributed by atoms with Gasteiger partial charge < -0.3 is 5.32 Å². The first-order chi connectivity index (χ1) is 16.4. The fourth-order valence-corrected chi connectivity index (χ4v) is 5.41. The lowest BCUT2D eigenvalue weighted by Crippen LogP contribution is -2.29. The molecule has 0 atom stereocenters. The average Bonchev–Trinajstić information content (AvgIpc) is 3.22. The third kappa shape index (κ3) is 3.85. The summed E-state index contributed by atoms with van der Waals surface area (Å²) in [4.78, 5) is 37.9. The van der Waals surface area contributed by atoms with Gasteiger partial charge in [-0.25, -0.2) is 0 Å². The topological polar surface area (TPSA) is 93.4 Å². The van der Waals surface area contributed by atoms with Gasteiger partial charge in [0.2, 0.25) is 0 Å². The van der Waals surface area contributed by atoms with Gasteiger partial charge in [0, 0.05) is 28.6 Å². The lowest BCUT2D eigenvalue weighted by Gasteiger charge is -2.03. The van der Waals surface area contributed by atoms with Crippen LogP contribution in [0.15, 0.2) is 89.5 Å². The second-order valence-corrected chi connectivity index (χ2v) is 9.28. The van der Waals surface area contributed by atoms with E-state index in [9.17, 15) is 19.7 Å². The Balaban J connectivity index is 1.70. The maximum Gasteiger partial charge on any atom is 0.294 e. The molecule has 5 aromatic rings. The summed E-state index contributed by atoms with van der Waals surface area (Å²) in [6, 6.07) is 21.9. The van der Waals surface area contributed by atoms with Gasteiger partial charge in [0.25, 0.3) is 27.9 Å². The Labute approximate surface area is 205 Å². The van der Waals surface area contributed by atoms with Crippen molar-refractivity contribution >= 4 is 65.2 Å². The Hall–Kier alpha value is -3.95. The van der Waals surface area contributed by atoms with Crippen LogP contribution in [0.2, 0.25) is 0 Å². The van der Waals surface area contributed by atoms with E-state index < -0.39 is 4.92 Å². The highest BCUT2D eigenvalue weighted by molar-refractivity contribution is 9.10. The summed E-state index contributed by atoms with van der Waals surface area (Å²) in [7, 11) is 0. The summed E-state index contributed by atoms with van der Waals surface area (Å²) in [5.74, 6) is -0.703. The van der Waals surface area contributed by atoms with Gasteiger partial charge in [0.05, 0.1) is 14.8 Å². The van der Waals surface area contributed by atoms with E-state index in [0.29, 0.717) is 10.6 Å². The number of benzene rings is 3.